The van der Waals surface area contributed by atoms with Gasteiger partial charge in [-0.2, -0.15) is 4.73 Å². The number of Topliss-reactive ketones (excluding diaryl/α,β-unsaturated/α-hetero) is 1. The van der Waals surface area contributed by atoms with Crippen LogP contribution in [0.5, 0.6) is 5.75 Å². The van der Waals surface area contributed by atoms with Crippen LogP contribution in [-0.2, 0) is 11.3 Å². The van der Waals surface area contributed by atoms with Gasteiger partial charge in [0.25, 0.3) is 5.69 Å². The molecule has 2 aromatic carbocycles. The van der Waals surface area contributed by atoms with Crippen LogP contribution in [0, 0.1) is 5.21 Å². The smallest absolute Gasteiger partial charge is 0.338 e. The van der Waals surface area contributed by atoms with Crippen molar-refractivity contribution in [3.63, 3.8) is 0 Å². The Kier molecular flexibility index (Phi) is 5.67. The van der Waals surface area contributed by atoms with Crippen LogP contribution in [0.4, 0.5) is 0 Å². The maximum Gasteiger partial charge on any atom is 0.338 e. The highest BCUT2D eigenvalue weighted by Crippen LogP contribution is 2.26. The van der Waals surface area contributed by atoms with Gasteiger partial charge in [0.15, 0.2) is 5.69 Å². The van der Waals surface area contributed by atoms with E-state index < -0.39 is 11.8 Å². The summed E-state index contributed by atoms with van der Waals surface area (Å²) in [5.41, 5.74) is 0.354. The van der Waals surface area contributed by atoms with Gasteiger partial charge in [-0.05, 0) is 24.3 Å². The van der Waals surface area contributed by atoms with Gasteiger partial charge in [0, 0.05) is 13.0 Å². The molecule has 1 heterocycles. The highest BCUT2D eigenvalue weighted by molar-refractivity contribution is 6.42. The lowest BCUT2D eigenvalue weighted by molar-refractivity contribution is -0.580. The number of nitrogens with zero attached hydrogens (tertiary/aromatic N) is 2. The summed E-state index contributed by atoms with van der Waals surface area (Å²) in [7, 11) is 1.48. The lowest BCUT2D eigenvalue weighted by atomic mass is 10.2. The van der Waals surface area contributed by atoms with Crippen LogP contribution in [0.3, 0.4) is 0 Å². The summed E-state index contributed by atoms with van der Waals surface area (Å²) in [4.78, 5) is 28.6. The molecule has 0 N–H and O–H groups in total. The van der Waals surface area contributed by atoms with E-state index >= 15 is 0 Å². The minimum Gasteiger partial charge on any atom is -0.618 e. The molecule has 7 nitrogen and oxygen atoms in total. The molecule has 28 heavy (non-hydrogen) atoms. The van der Waals surface area contributed by atoms with E-state index in [2.05, 4.69) is 4.98 Å². The SMILES string of the molecule is COc1cccc(C(=O)OCc2nc3cc(Cl)c(Cl)cc3[n+]([O-])c2C(C)=O)c1. The number of methoxy groups -OCH3 is 1. The second-order valence-electron chi connectivity index (χ2n) is 5.82. The van der Waals surface area contributed by atoms with Crippen LogP contribution < -0.4 is 9.47 Å². The monoisotopic (exact) mass is 420 g/mol. The fourth-order valence-electron chi connectivity index (χ4n) is 2.63. The molecule has 0 unspecified atom stereocenters. The van der Waals surface area contributed by atoms with Gasteiger partial charge >= 0.3 is 5.97 Å². The molecule has 3 aromatic rings. The Morgan fingerprint density at radius 3 is 2.57 bits per heavy atom. The number of ether oxygens (including phenoxy) is 2. The van der Waals surface area contributed by atoms with Crippen molar-refractivity contribution in [1.29, 1.82) is 0 Å². The van der Waals surface area contributed by atoms with Gasteiger partial charge in [-0.25, -0.2) is 9.78 Å². The van der Waals surface area contributed by atoms with Crippen molar-refractivity contribution in [3.05, 3.63) is 68.6 Å². The van der Waals surface area contributed by atoms with Gasteiger partial charge in [-0.1, -0.05) is 29.3 Å². The molecule has 0 fully saturated rings. The van der Waals surface area contributed by atoms with E-state index in [9.17, 15) is 14.8 Å². The summed E-state index contributed by atoms with van der Waals surface area (Å²) >= 11 is 11.9. The number of halogens is 2. The maximum atomic E-state index is 12.6. The third-order valence-electron chi connectivity index (χ3n) is 3.95. The molecule has 0 radical (unpaired) electrons. The summed E-state index contributed by atoms with van der Waals surface area (Å²) < 4.78 is 10.7. The number of fused-ring (bicyclic) bond motifs is 1. The number of aromatic nitrogens is 2. The number of esters is 1. The Labute approximate surface area is 170 Å². The van der Waals surface area contributed by atoms with E-state index in [1.165, 1.54) is 32.2 Å². The molecule has 144 valence electrons. The fraction of sp³-hybridized carbons (Fsp3) is 0.158. The largest absolute Gasteiger partial charge is 0.618 e. The van der Waals surface area contributed by atoms with E-state index in [0.717, 1.165) is 0 Å². The molecule has 0 amide bonds. The van der Waals surface area contributed by atoms with Gasteiger partial charge in [-0.15, -0.1) is 0 Å². The number of rotatable bonds is 5. The Hall–Kier alpha value is -2.90. The number of hydrogen-bond donors (Lipinski definition) is 0. The van der Waals surface area contributed by atoms with Gasteiger partial charge in [-0.3, -0.25) is 4.79 Å². The third-order valence-corrected chi connectivity index (χ3v) is 4.67. The molecule has 0 spiro atoms. The highest BCUT2D eigenvalue weighted by atomic mass is 35.5. The topological polar surface area (TPSA) is 92.4 Å². The van der Waals surface area contributed by atoms with Crippen molar-refractivity contribution in [3.8, 4) is 5.75 Å². The maximum absolute atomic E-state index is 12.6. The third kappa shape index (κ3) is 3.85. The molecule has 0 saturated heterocycles. The van der Waals surface area contributed by atoms with E-state index in [1.54, 1.807) is 18.2 Å². The Bertz CT molecular complexity index is 1100. The predicted molar refractivity (Wildman–Crippen MR) is 103 cm³/mol. The zero-order valence-corrected chi connectivity index (χ0v) is 16.4. The quantitative estimate of drug-likeness (QED) is 0.270. The number of benzene rings is 2. The van der Waals surface area contributed by atoms with Crippen LogP contribution >= 0.6 is 23.2 Å². The normalized spacial score (nSPS) is 10.7. The molecular formula is C19H14Cl2N2O5. The van der Waals surface area contributed by atoms with Crippen LogP contribution in [0.25, 0.3) is 11.0 Å². The summed E-state index contributed by atoms with van der Waals surface area (Å²) in [6, 6.07) is 9.13. The van der Waals surface area contributed by atoms with Crippen molar-refractivity contribution in [2.75, 3.05) is 7.11 Å². The molecular weight excluding hydrogens is 407 g/mol. The summed E-state index contributed by atoms with van der Waals surface area (Å²) in [6.45, 7) is 0.853. The number of carbonyl (C=O) groups excluding carboxylic acids is 2. The number of hydrogen-bond acceptors (Lipinski definition) is 6. The molecule has 0 atom stereocenters. The van der Waals surface area contributed by atoms with Crippen LogP contribution in [0.1, 0.15) is 33.5 Å². The van der Waals surface area contributed by atoms with Gasteiger partial charge in [0.1, 0.15) is 17.9 Å². The van der Waals surface area contributed by atoms with Crippen LogP contribution in [0.2, 0.25) is 10.0 Å². The average Bonchev–Trinajstić information content (AvgIpc) is 2.67. The number of carbonyl (C=O) groups is 2. The first kappa shape index (κ1) is 19.9. The molecule has 3 rings (SSSR count). The first-order valence-corrected chi connectivity index (χ1v) is 8.80. The summed E-state index contributed by atoms with van der Waals surface area (Å²) in [6.07, 6.45) is 0. The minimum atomic E-state index is -0.651. The first-order chi connectivity index (χ1) is 13.3. The zero-order chi connectivity index (χ0) is 20.4. The van der Waals surface area contributed by atoms with E-state index in [0.29, 0.717) is 10.5 Å². The van der Waals surface area contributed by atoms with Crippen LogP contribution in [-0.4, -0.2) is 23.8 Å². The highest BCUT2D eigenvalue weighted by Gasteiger charge is 2.25. The Balaban J connectivity index is 1.97. The molecule has 0 bridgehead atoms. The van der Waals surface area contributed by atoms with Gasteiger partial charge in [0.2, 0.25) is 11.3 Å². The summed E-state index contributed by atoms with van der Waals surface area (Å²) in [5.74, 6) is -0.684. The van der Waals surface area contributed by atoms with Crippen molar-refractivity contribution in [1.82, 2.24) is 4.98 Å². The lowest BCUT2D eigenvalue weighted by Gasteiger charge is -2.11. The molecule has 0 aliphatic heterocycles. The first-order valence-electron chi connectivity index (χ1n) is 8.05. The molecule has 0 aliphatic rings. The van der Waals surface area contributed by atoms with E-state index in [1.807, 2.05) is 0 Å². The second kappa shape index (κ2) is 8.00. The average molecular weight is 421 g/mol. The number of ketones is 1. The minimum absolute atomic E-state index is 0.0182. The van der Waals surface area contributed by atoms with E-state index in [-0.39, 0.29) is 44.6 Å². The second-order valence-corrected chi connectivity index (χ2v) is 6.64. The Morgan fingerprint density at radius 1 is 1.18 bits per heavy atom. The zero-order valence-electron chi connectivity index (χ0n) is 14.9. The van der Waals surface area contributed by atoms with Crippen molar-refractivity contribution < 1.29 is 23.8 Å². The Morgan fingerprint density at radius 2 is 1.89 bits per heavy atom. The van der Waals surface area contributed by atoms with Gasteiger partial charge in [0.05, 0.1) is 22.7 Å². The molecule has 9 heteroatoms. The van der Waals surface area contributed by atoms with Gasteiger partial charge < -0.3 is 14.7 Å². The van der Waals surface area contributed by atoms with E-state index in [4.69, 9.17) is 32.7 Å². The van der Waals surface area contributed by atoms with Crippen molar-refractivity contribution in [2.24, 2.45) is 0 Å². The van der Waals surface area contributed by atoms with Crippen LogP contribution in [0.15, 0.2) is 36.4 Å². The molecule has 1 aromatic heterocycles. The molecule has 0 aliphatic carbocycles. The molecule has 0 saturated carbocycles. The predicted octanol–water partition coefficient (Wildman–Crippen LogP) is 3.74. The van der Waals surface area contributed by atoms with Crippen molar-refractivity contribution >= 4 is 46.0 Å². The van der Waals surface area contributed by atoms with Crippen molar-refractivity contribution in [2.45, 2.75) is 13.5 Å². The fourth-order valence-corrected chi connectivity index (χ4v) is 2.94. The standard InChI is InChI=1S/C19H14Cl2N2O5/c1-10(24)18-16(9-28-19(25)11-4-3-5-12(6-11)27-2)22-15-7-13(20)14(21)8-17(15)23(18)26/h3-8H,9H2,1-2H3. The lowest BCUT2D eigenvalue weighted by Crippen LogP contribution is -2.37. The summed E-state index contributed by atoms with van der Waals surface area (Å²) in [5, 5.41) is 13.0.